The van der Waals surface area contributed by atoms with Crippen LogP contribution in [0.5, 0.6) is 0 Å². The molecule has 0 saturated heterocycles. The van der Waals surface area contributed by atoms with Gasteiger partial charge in [0.25, 0.3) is 0 Å². The quantitative estimate of drug-likeness (QED) is 0.649. The molecule has 0 radical (unpaired) electrons. The molecule has 1 aliphatic rings. The van der Waals surface area contributed by atoms with E-state index in [9.17, 15) is 4.79 Å². The van der Waals surface area contributed by atoms with Gasteiger partial charge in [-0.15, -0.1) is 0 Å². The number of hydrogen-bond acceptors (Lipinski definition) is 4. The molecule has 1 fully saturated rings. The van der Waals surface area contributed by atoms with Crippen molar-refractivity contribution in [3.8, 4) is 0 Å². The molecule has 1 aromatic rings. The Morgan fingerprint density at radius 1 is 1.37 bits per heavy atom. The Labute approximate surface area is 114 Å². The molecule has 1 saturated carbocycles. The van der Waals surface area contributed by atoms with E-state index < -0.39 is 0 Å². The van der Waals surface area contributed by atoms with Crippen LogP contribution in [0.15, 0.2) is 18.2 Å². The van der Waals surface area contributed by atoms with Crippen LogP contribution in [0.1, 0.15) is 37.0 Å². The highest BCUT2D eigenvalue weighted by Gasteiger charge is 2.30. The van der Waals surface area contributed by atoms with Crippen molar-refractivity contribution in [1.82, 2.24) is 0 Å². The maximum atomic E-state index is 11.8. The summed E-state index contributed by atoms with van der Waals surface area (Å²) in [6.07, 6.45) is 2.32. The lowest BCUT2D eigenvalue weighted by atomic mass is 9.97. The Hall–Kier alpha value is -1.71. The highest BCUT2D eigenvalue weighted by atomic mass is 16.5. The summed E-state index contributed by atoms with van der Waals surface area (Å²) in [6.45, 7) is 4.51. The van der Waals surface area contributed by atoms with Crippen LogP contribution >= 0.6 is 0 Å². The molecule has 0 amide bonds. The predicted octanol–water partition coefficient (Wildman–Crippen LogP) is 2.90. The summed E-state index contributed by atoms with van der Waals surface area (Å²) in [5.74, 6) is 0.919. The lowest BCUT2D eigenvalue weighted by Crippen LogP contribution is -2.26. The fourth-order valence-electron chi connectivity index (χ4n) is 2.77. The Morgan fingerprint density at radius 3 is 2.68 bits per heavy atom. The highest BCUT2D eigenvalue weighted by molar-refractivity contribution is 5.98. The first-order valence-electron chi connectivity index (χ1n) is 6.78. The molecule has 0 aliphatic heterocycles. The number of nitrogens with one attached hydrogen (secondary N) is 1. The number of esters is 1. The molecule has 0 spiro atoms. The van der Waals surface area contributed by atoms with E-state index in [2.05, 4.69) is 19.2 Å². The van der Waals surface area contributed by atoms with E-state index in [0.29, 0.717) is 34.8 Å². The molecular weight excluding hydrogens is 240 g/mol. The van der Waals surface area contributed by atoms with E-state index in [-0.39, 0.29) is 5.97 Å². The molecule has 1 aromatic carbocycles. The molecule has 3 unspecified atom stereocenters. The van der Waals surface area contributed by atoms with Crippen molar-refractivity contribution in [3.63, 3.8) is 0 Å². The molecule has 104 valence electrons. The van der Waals surface area contributed by atoms with E-state index in [4.69, 9.17) is 10.5 Å². The smallest absolute Gasteiger partial charge is 0.340 e. The Bertz CT molecular complexity index is 473. The van der Waals surface area contributed by atoms with Crippen LogP contribution in [-0.4, -0.2) is 19.1 Å². The van der Waals surface area contributed by atoms with Gasteiger partial charge < -0.3 is 15.8 Å². The van der Waals surface area contributed by atoms with Gasteiger partial charge in [-0.05, 0) is 36.8 Å². The molecule has 0 bridgehead atoms. The third-order valence-corrected chi connectivity index (χ3v) is 4.30. The average molecular weight is 262 g/mol. The van der Waals surface area contributed by atoms with E-state index in [1.807, 2.05) is 0 Å². The van der Waals surface area contributed by atoms with Crippen molar-refractivity contribution in [2.75, 3.05) is 18.2 Å². The first-order valence-corrected chi connectivity index (χ1v) is 6.78. The van der Waals surface area contributed by atoms with Gasteiger partial charge in [-0.25, -0.2) is 4.79 Å². The van der Waals surface area contributed by atoms with E-state index in [0.717, 1.165) is 6.42 Å². The number of rotatable bonds is 3. The number of methoxy groups -OCH3 is 1. The number of ether oxygens (including phenoxy) is 1. The molecule has 19 heavy (non-hydrogen) atoms. The summed E-state index contributed by atoms with van der Waals surface area (Å²) >= 11 is 0. The summed E-state index contributed by atoms with van der Waals surface area (Å²) < 4.78 is 4.81. The molecule has 4 nitrogen and oxygen atoms in total. The summed E-state index contributed by atoms with van der Waals surface area (Å²) in [7, 11) is 1.38. The van der Waals surface area contributed by atoms with Crippen molar-refractivity contribution < 1.29 is 9.53 Å². The van der Waals surface area contributed by atoms with E-state index in [1.54, 1.807) is 18.2 Å². The summed E-state index contributed by atoms with van der Waals surface area (Å²) in [4.78, 5) is 11.8. The van der Waals surface area contributed by atoms with Crippen molar-refractivity contribution in [3.05, 3.63) is 23.8 Å². The lowest BCUT2D eigenvalue weighted by molar-refractivity contribution is 0.0602. The number of anilines is 2. The minimum absolute atomic E-state index is 0.353. The van der Waals surface area contributed by atoms with Crippen molar-refractivity contribution in [1.29, 1.82) is 0 Å². The molecule has 3 N–H and O–H groups in total. The Kier molecular flexibility index (Phi) is 3.98. The SMILES string of the molecule is COC(=O)c1cccc(N)c1NC1CCC(C)C1C. The normalized spacial score (nSPS) is 26.2. The molecule has 2 rings (SSSR count). The fraction of sp³-hybridized carbons (Fsp3) is 0.533. The van der Waals surface area contributed by atoms with Crippen molar-refractivity contribution in [2.45, 2.75) is 32.7 Å². The third kappa shape index (κ3) is 2.67. The number of hydrogen-bond donors (Lipinski definition) is 2. The first kappa shape index (κ1) is 13.7. The van der Waals surface area contributed by atoms with Crippen LogP contribution in [0.2, 0.25) is 0 Å². The van der Waals surface area contributed by atoms with Gasteiger partial charge in [0, 0.05) is 6.04 Å². The average Bonchev–Trinajstić information content (AvgIpc) is 2.72. The van der Waals surface area contributed by atoms with Crippen LogP contribution in [0.25, 0.3) is 0 Å². The Morgan fingerprint density at radius 2 is 2.11 bits per heavy atom. The third-order valence-electron chi connectivity index (χ3n) is 4.30. The number of nitrogens with two attached hydrogens (primary N) is 1. The number of carbonyl (C=O) groups is 1. The monoisotopic (exact) mass is 262 g/mol. The van der Waals surface area contributed by atoms with E-state index >= 15 is 0 Å². The minimum Gasteiger partial charge on any atom is -0.465 e. The second kappa shape index (κ2) is 5.51. The van der Waals surface area contributed by atoms with Gasteiger partial charge in [0.2, 0.25) is 0 Å². The molecule has 0 heterocycles. The zero-order valence-corrected chi connectivity index (χ0v) is 11.8. The van der Waals surface area contributed by atoms with Crippen LogP contribution in [0.4, 0.5) is 11.4 Å². The summed E-state index contributed by atoms with van der Waals surface area (Å²) in [6, 6.07) is 5.68. The molecular formula is C15H22N2O2. The largest absolute Gasteiger partial charge is 0.465 e. The Balaban J connectivity index is 2.26. The van der Waals surface area contributed by atoms with Gasteiger partial charge in [0.1, 0.15) is 0 Å². The molecule has 4 heteroatoms. The number of para-hydroxylation sites is 1. The lowest BCUT2D eigenvalue weighted by Gasteiger charge is -2.23. The molecule has 3 atom stereocenters. The number of carbonyl (C=O) groups excluding carboxylic acids is 1. The van der Waals surface area contributed by atoms with Crippen LogP contribution < -0.4 is 11.1 Å². The first-order chi connectivity index (χ1) is 9.04. The van der Waals surface area contributed by atoms with Gasteiger partial charge >= 0.3 is 5.97 Å². The second-order valence-corrected chi connectivity index (χ2v) is 5.43. The number of benzene rings is 1. The maximum Gasteiger partial charge on any atom is 0.340 e. The number of nitrogen functional groups attached to an aromatic ring is 1. The van der Waals surface area contributed by atoms with E-state index in [1.165, 1.54) is 13.5 Å². The summed E-state index contributed by atoms with van der Waals surface area (Å²) in [5.41, 5.74) is 7.81. The van der Waals surface area contributed by atoms with Crippen LogP contribution in [-0.2, 0) is 4.74 Å². The predicted molar refractivity (Wildman–Crippen MR) is 77.2 cm³/mol. The van der Waals surface area contributed by atoms with Crippen molar-refractivity contribution in [2.24, 2.45) is 11.8 Å². The highest BCUT2D eigenvalue weighted by Crippen LogP contribution is 2.35. The second-order valence-electron chi connectivity index (χ2n) is 5.43. The van der Waals surface area contributed by atoms with Crippen LogP contribution in [0.3, 0.4) is 0 Å². The van der Waals surface area contributed by atoms with Gasteiger partial charge in [-0.2, -0.15) is 0 Å². The summed E-state index contributed by atoms with van der Waals surface area (Å²) in [5, 5.41) is 3.45. The standard InChI is InChI=1S/C15H22N2O2/c1-9-7-8-13(10(9)2)17-14-11(15(18)19-3)5-4-6-12(14)16/h4-6,9-10,13,17H,7-8,16H2,1-3H3. The van der Waals surface area contributed by atoms with Crippen molar-refractivity contribution >= 4 is 17.3 Å². The van der Waals surface area contributed by atoms with Crippen LogP contribution in [0, 0.1) is 11.8 Å². The minimum atomic E-state index is -0.353. The topological polar surface area (TPSA) is 64.3 Å². The zero-order valence-electron chi connectivity index (χ0n) is 11.8. The zero-order chi connectivity index (χ0) is 14.0. The molecule has 1 aliphatic carbocycles. The fourth-order valence-corrected chi connectivity index (χ4v) is 2.77. The van der Waals surface area contributed by atoms with Gasteiger partial charge in [-0.1, -0.05) is 19.9 Å². The van der Waals surface area contributed by atoms with Gasteiger partial charge in [-0.3, -0.25) is 0 Å². The maximum absolute atomic E-state index is 11.8. The van der Waals surface area contributed by atoms with Gasteiger partial charge in [0.05, 0.1) is 24.0 Å². The van der Waals surface area contributed by atoms with Gasteiger partial charge in [0.15, 0.2) is 0 Å². The molecule has 0 aromatic heterocycles.